The largest absolute Gasteiger partial charge is 0.396 e. The lowest BCUT2D eigenvalue weighted by atomic mass is 10.1. The third-order valence-corrected chi connectivity index (χ3v) is 2.31. The maximum Gasteiger partial charge on any atom is 0.222 e. The molecular formula is C9H14ClN3O. The predicted octanol–water partition coefficient (Wildman–Crippen LogP) is 1.56. The third-order valence-electron chi connectivity index (χ3n) is 2.12. The van der Waals surface area contributed by atoms with Crippen LogP contribution < -0.4 is 5.32 Å². The van der Waals surface area contributed by atoms with Gasteiger partial charge in [-0.2, -0.15) is 0 Å². The van der Waals surface area contributed by atoms with E-state index in [9.17, 15) is 0 Å². The summed E-state index contributed by atoms with van der Waals surface area (Å²) >= 11 is 5.65. The summed E-state index contributed by atoms with van der Waals surface area (Å²) in [4.78, 5) is 8.00. The number of aliphatic hydroxyl groups is 1. The zero-order chi connectivity index (χ0) is 10.6. The van der Waals surface area contributed by atoms with Crippen LogP contribution in [-0.4, -0.2) is 27.7 Å². The van der Waals surface area contributed by atoms with Crippen LogP contribution in [0.25, 0.3) is 0 Å². The average molecular weight is 216 g/mol. The highest BCUT2D eigenvalue weighted by atomic mass is 35.5. The van der Waals surface area contributed by atoms with Gasteiger partial charge in [-0.05, 0) is 12.8 Å². The zero-order valence-corrected chi connectivity index (χ0v) is 8.99. The van der Waals surface area contributed by atoms with Crippen LogP contribution in [0.2, 0.25) is 5.02 Å². The summed E-state index contributed by atoms with van der Waals surface area (Å²) in [5, 5.41) is 12.5. The summed E-state index contributed by atoms with van der Waals surface area (Å²) in [5.74, 6) is 0.691. The summed E-state index contributed by atoms with van der Waals surface area (Å²) in [6.07, 6.45) is 3.07. The molecule has 2 N–H and O–H groups in total. The van der Waals surface area contributed by atoms with Gasteiger partial charge in [0.1, 0.15) is 0 Å². The van der Waals surface area contributed by atoms with Crippen LogP contribution >= 0.6 is 11.6 Å². The van der Waals surface area contributed by atoms with Crippen molar-refractivity contribution in [3.63, 3.8) is 0 Å². The van der Waals surface area contributed by atoms with E-state index >= 15 is 0 Å². The summed E-state index contributed by atoms with van der Waals surface area (Å²) in [6.45, 7) is 4.06. The predicted molar refractivity (Wildman–Crippen MR) is 56.4 cm³/mol. The molecule has 0 aliphatic heterocycles. The molecule has 0 aromatic carbocycles. The van der Waals surface area contributed by atoms with E-state index in [1.165, 1.54) is 12.4 Å². The molecular weight excluding hydrogens is 202 g/mol. The highest BCUT2D eigenvalue weighted by Gasteiger charge is 2.11. The highest BCUT2D eigenvalue weighted by Crippen LogP contribution is 2.09. The smallest absolute Gasteiger partial charge is 0.222 e. The molecule has 0 amide bonds. The van der Waals surface area contributed by atoms with Gasteiger partial charge >= 0.3 is 0 Å². The Morgan fingerprint density at radius 1 is 1.43 bits per heavy atom. The molecule has 0 saturated heterocycles. The highest BCUT2D eigenvalue weighted by molar-refractivity contribution is 6.30. The fourth-order valence-corrected chi connectivity index (χ4v) is 0.988. The molecule has 2 atom stereocenters. The second-order valence-corrected chi connectivity index (χ2v) is 3.75. The Kier molecular flexibility index (Phi) is 4.10. The first-order chi connectivity index (χ1) is 6.63. The first-order valence-electron chi connectivity index (χ1n) is 4.48. The quantitative estimate of drug-likeness (QED) is 0.801. The lowest BCUT2D eigenvalue weighted by Gasteiger charge is -2.18. The van der Waals surface area contributed by atoms with Crippen LogP contribution in [-0.2, 0) is 0 Å². The number of halogens is 1. The molecule has 0 saturated carbocycles. The number of anilines is 1. The minimum absolute atomic E-state index is 0.126. The van der Waals surface area contributed by atoms with Crippen molar-refractivity contribution in [2.45, 2.75) is 19.9 Å². The molecule has 1 rings (SSSR count). The summed E-state index contributed by atoms with van der Waals surface area (Å²) in [7, 11) is 0. The molecule has 0 aliphatic carbocycles. The number of hydrogen-bond acceptors (Lipinski definition) is 4. The Labute approximate surface area is 88.3 Å². The van der Waals surface area contributed by atoms with Crippen molar-refractivity contribution in [3.8, 4) is 0 Å². The number of aliphatic hydroxyl groups excluding tert-OH is 1. The minimum Gasteiger partial charge on any atom is -0.396 e. The Morgan fingerprint density at radius 2 is 2.00 bits per heavy atom. The van der Waals surface area contributed by atoms with E-state index in [0.717, 1.165) is 0 Å². The monoisotopic (exact) mass is 215 g/mol. The first-order valence-corrected chi connectivity index (χ1v) is 4.86. The van der Waals surface area contributed by atoms with Crippen molar-refractivity contribution < 1.29 is 5.11 Å². The van der Waals surface area contributed by atoms with Crippen molar-refractivity contribution in [1.29, 1.82) is 0 Å². The molecule has 5 heteroatoms. The van der Waals surface area contributed by atoms with Crippen LogP contribution in [0, 0.1) is 5.92 Å². The number of aromatic nitrogens is 2. The molecule has 78 valence electrons. The molecule has 0 spiro atoms. The maximum absolute atomic E-state index is 8.93. The van der Waals surface area contributed by atoms with Crippen LogP contribution in [0.5, 0.6) is 0 Å². The van der Waals surface area contributed by atoms with Gasteiger partial charge in [-0.1, -0.05) is 18.5 Å². The van der Waals surface area contributed by atoms with Gasteiger partial charge in [0.2, 0.25) is 5.95 Å². The Morgan fingerprint density at radius 3 is 2.50 bits per heavy atom. The van der Waals surface area contributed by atoms with Crippen molar-refractivity contribution in [3.05, 3.63) is 17.4 Å². The van der Waals surface area contributed by atoms with Gasteiger partial charge in [0, 0.05) is 12.6 Å². The fourth-order valence-electron chi connectivity index (χ4n) is 0.891. The summed E-state index contributed by atoms with van der Waals surface area (Å²) in [5.41, 5.74) is 0. The molecule has 14 heavy (non-hydrogen) atoms. The van der Waals surface area contributed by atoms with Gasteiger partial charge in [0.15, 0.2) is 0 Å². The van der Waals surface area contributed by atoms with E-state index in [1.54, 1.807) is 0 Å². The standard InChI is InChI=1S/C9H14ClN3O/c1-6(5-14)7(2)13-9-11-3-8(10)4-12-9/h3-4,6-7,14H,5H2,1-2H3,(H,11,12,13). The van der Waals surface area contributed by atoms with Crippen molar-refractivity contribution in [1.82, 2.24) is 9.97 Å². The number of hydrogen-bond donors (Lipinski definition) is 2. The minimum atomic E-state index is 0.126. The lowest BCUT2D eigenvalue weighted by Crippen LogP contribution is -2.27. The third kappa shape index (κ3) is 3.12. The first kappa shape index (κ1) is 11.2. The van der Waals surface area contributed by atoms with Crippen LogP contribution in [0.1, 0.15) is 13.8 Å². The zero-order valence-electron chi connectivity index (χ0n) is 8.24. The van der Waals surface area contributed by atoms with E-state index in [-0.39, 0.29) is 18.6 Å². The van der Waals surface area contributed by atoms with Crippen molar-refractivity contribution in [2.75, 3.05) is 11.9 Å². The molecule has 4 nitrogen and oxygen atoms in total. The fraction of sp³-hybridized carbons (Fsp3) is 0.556. The molecule has 2 unspecified atom stereocenters. The topological polar surface area (TPSA) is 58.0 Å². The maximum atomic E-state index is 8.93. The molecule has 1 heterocycles. The molecule has 1 aromatic rings. The van der Waals surface area contributed by atoms with Crippen molar-refractivity contribution >= 4 is 17.5 Å². The van der Waals surface area contributed by atoms with Crippen LogP contribution in [0.3, 0.4) is 0 Å². The number of rotatable bonds is 4. The second kappa shape index (κ2) is 5.12. The van der Waals surface area contributed by atoms with E-state index in [0.29, 0.717) is 11.0 Å². The lowest BCUT2D eigenvalue weighted by molar-refractivity contribution is 0.226. The molecule has 1 aromatic heterocycles. The Hall–Kier alpha value is -0.870. The van der Waals surface area contributed by atoms with Crippen molar-refractivity contribution in [2.24, 2.45) is 5.92 Å². The van der Waals surface area contributed by atoms with Crippen LogP contribution in [0.15, 0.2) is 12.4 Å². The van der Waals surface area contributed by atoms with Gasteiger partial charge < -0.3 is 10.4 Å². The van der Waals surface area contributed by atoms with E-state index in [2.05, 4.69) is 15.3 Å². The van der Waals surface area contributed by atoms with E-state index in [4.69, 9.17) is 16.7 Å². The van der Waals surface area contributed by atoms with Gasteiger partial charge in [-0.15, -0.1) is 0 Å². The Balaban J connectivity index is 2.56. The summed E-state index contributed by atoms with van der Waals surface area (Å²) < 4.78 is 0. The van der Waals surface area contributed by atoms with E-state index in [1.807, 2.05) is 13.8 Å². The van der Waals surface area contributed by atoms with E-state index < -0.39 is 0 Å². The molecule has 0 bridgehead atoms. The van der Waals surface area contributed by atoms with Crippen LogP contribution in [0.4, 0.5) is 5.95 Å². The number of nitrogens with zero attached hydrogens (tertiary/aromatic N) is 2. The molecule has 0 fully saturated rings. The molecule has 0 aliphatic rings. The van der Waals surface area contributed by atoms with Gasteiger partial charge in [-0.25, -0.2) is 9.97 Å². The normalized spacial score (nSPS) is 14.9. The van der Waals surface area contributed by atoms with Gasteiger partial charge in [-0.3, -0.25) is 0 Å². The average Bonchev–Trinajstić information content (AvgIpc) is 2.20. The van der Waals surface area contributed by atoms with Gasteiger partial charge in [0.25, 0.3) is 0 Å². The molecule has 0 radical (unpaired) electrons. The summed E-state index contributed by atoms with van der Waals surface area (Å²) in [6, 6.07) is 0.126. The SMILES string of the molecule is CC(CO)C(C)Nc1ncc(Cl)cn1. The number of nitrogens with one attached hydrogen (secondary N) is 1. The second-order valence-electron chi connectivity index (χ2n) is 3.32. The Bertz CT molecular complexity index is 278. The van der Waals surface area contributed by atoms with Gasteiger partial charge in [0.05, 0.1) is 17.4 Å².